The van der Waals surface area contributed by atoms with Crippen molar-refractivity contribution in [2.24, 2.45) is 0 Å². The Kier molecular flexibility index (Phi) is 10.3. The fraction of sp³-hybridized carbons (Fsp3) is 0.407. The molecule has 0 unspecified atom stereocenters. The molecule has 1 heterocycles. The number of nitrogens with one attached hydrogen (secondary N) is 2. The predicted molar refractivity (Wildman–Crippen MR) is 139 cm³/mol. The van der Waals surface area contributed by atoms with Gasteiger partial charge in [-0.3, -0.25) is 19.2 Å². The normalized spacial score (nSPS) is 17.0. The number of hydrogen-bond acceptors (Lipinski definition) is 7. The van der Waals surface area contributed by atoms with Crippen LogP contribution in [-0.2, 0) is 14.4 Å². The highest BCUT2D eigenvalue weighted by molar-refractivity contribution is 6.00. The first-order valence-electron chi connectivity index (χ1n) is 12.4. The minimum atomic E-state index is -1.17. The van der Waals surface area contributed by atoms with Crippen LogP contribution in [0.4, 0.5) is 0 Å². The van der Waals surface area contributed by atoms with Gasteiger partial charge in [-0.15, -0.1) is 0 Å². The SMILES string of the molecule is CCN1CCOc2ccccc2C(=O)N[C@H](C(=O)NCCOc2ccc(OC)cc2)CC(=O)N(C)CC1=O. The van der Waals surface area contributed by atoms with Crippen molar-refractivity contribution in [1.29, 1.82) is 0 Å². The molecule has 0 aromatic heterocycles. The highest BCUT2D eigenvalue weighted by atomic mass is 16.5. The van der Waals surface area contributed by atoms with Gasteiger partial charge in [-0.2, -0.15) is 0 Å². The summed E-state index contributed by atoms with van der Waals surface area (Å²) in [6, 6.07) is 12.4. The zero-order valence-electron chi connectivity index (χ0n) is 21.9. The van der Waals surface area contributed by atoms with Crippen LogP contribution >= 0.6 is 0 Å². The number of amides is 4. The van der Waals surface area contributed by atoms with Crippen LogP contribution < -0.4 is 24.8 Å². The molecule has 0 saturated heterocycles. The molecule has 0 bridgehead atoms. The highest BCUT2D eigenvalue weighted by Gasteiger charge is 2.28. The van der Waals surface area contributed by atoms with Gasteiger partial charge in [0.1, 0.15) is 36.5 Å². The number of rotatable bonds is 7. The van der Waals surface area contributed by atoms with Gasteiger partial charge >= 0.3 is 0 Å². The zero-order chi connectivity index (χ0) is 27.5. The summed E-state index contributed by atoms with van der Waals surface area (Å²) in [5.41, 5.74) is 0.223. The highest BCUT2D eigenvalue weighted by Crippen LogP contribution is 2.19. The molecule has 0 spiro atoms. The molecule has 0 aliphatic carbocycles. The fourth-order valence-electron chi connectivity index (χ4n) is 3.81. The Balaban J connectivity index is 1.71. The molecule has 3 rings (SSSR count). The van der Waals surface area contributed by atoms with E-state index in [1.54, 1.807) is 60.5 Å². The molecule has 2 aromatic rings. The molecule has 4 amide bonds. The molecule has 11 heteroatoms. The third-order valence-electron chi connectivity index (χ3n) is 6.01. The molecular weight excluding hydrogens is 492 g/mol. The van der Waals surface area contributed by atoms with Gasteiger partial charge in [0.05, 0.1) is 38.7 Å². The Morgan fingerprint density at radius 3 is 2.50 bits per heavy atom. The Labute approximate surface area is 222 Å². The summed E-state index contributed by atoms with van der Waals surface area (Å²) < 4.78 is 16.5. The summed E-state index contributed by atoms with van der Waals surface area (Å²) in [5, 5.41) is 5.36. The first kappa shape index (κ1) is 28.3. The first-order chi connectivity index (χ1) is 18.3. The second-order valence-electron chi connectivity index (χ2n) is 8.61. The topological polar surface area (TPSA) is 127 Å². The van der Waals surface area contributed by atoms with Gasteiger partial charge in [0, 0.05) is 13.6 Å². The summed E-state index contributed by atoms with van der Waals surface area (Å²) in [5.74, 6) is -0.173. The Bertz CT molecular complexity index is 1120. The lowest BCUT2D eigenvalue weighted by atomic mass is 10.1. The lowest BCUT2D eigenvalue weighted by molar-refractivity contribution is -0.140. The molecule has 2 N–H and O–H groups in total. The van der Waals surface area contributed by atoms with E-state index < -0.39 is 23.8 Å². The number of nitrogens with zero attached hydrogens (tertiary/aromatic N) is 2. The molecule has 0 fully saturated rings. The number of ether oxygens (including phenoxy) is 3. The molecular formula is C27H34N4O7. The van der Waals surface area contributed by atoms with Gasteiger partial charge in [0.15, 0.2) is 0 Å². The van der Waals surface area contributed by atoms with Crippen LogP contribution in [0, 0.1) is 0 Å². The standard InChI is InChI=1S/C27H34N4O7/c1-4-31-14-16-38-23-8-6-5-7-21(23)26(34)29-22(17-24(32)30(2)18-25(31)33)27(35)28-13-15-37-20-11-9-19(36-3)10-12-20/h5-12,22H,4,13-18H2,1-3H3,(H,28,35)(H,29,34)/t22-/m0/s1. The fourth-order valence-corrected chi connectivity index (χ4v) is 3.81. The van der Waals surface area contributed by atoms with Gasteiger partial charge in [-0.25, -0.2) is 0 Å². The van der Waals surface area contributed by atoms with Crippen molar-refractivity contribution in [2.45, 2.75) is 19.4 Å². The van der Waals surface area contributed by atoms with E-state index in [9.17, 15) is 19.2 Å². The Morgan fingerprint density at radius 1 is 1.08 bits per heavy atom. The van der Waals surface area contributed by atoms with Crippen LogP contribution in [0.25, 0.3) is 0 Å². The van der Waals surface area contributed by atoms with E-state index in [1.807, 2.05) is 6.92 Å². The van der Waals surface area contributed by atoms with Crippen LogP contribution in [0.15, 0.2) is 48.5 Å². The second-order valence-corrected chi connectivity index (χ2v) is 8.61. The number of hydrogen-bond donors (Lipinski definition) is 2. The van der Waals surface area contributed by atoms with Crippen LogP contribution in [0.1, 0.15) is 23.7 Å². The molecule has 1 atom stereocenters. The van der Waals surface area contributed by atoms with Gasteiger partial charge in [-0.05, 0) is 43.3 Å². The summed E-state index contributed by atoms with van der Waals surface area (Å²) >= 11 is 0. The number of carbonyl (C=O) groups excluding carboxylic acids is 4. The quantitative estimate of drug-likeness (QED) is 0.517. The van der Waals surface area contributed by atoms with Crippen molar-refractivity contribution < 1.29 is 33.4 Å². The molecule has 204 valence electrons. The monoisotopic (exact) mass is 526 g/mol. The summed E-state index contributed by atoms with van der Waals surface area (Å²) in [6.07, 6.45) is -0.324. The van der Waals surface area contributed by atoms with E-state index in [-0.39, 0.29) is 44.2 Å². The summed E-state index contributed by atoms with van der Waals surface area (Å²) in [4.78, 5) is 54.6. The van der Waals surface area contributed by atoms with Gasteiger partial charge in [-0.1, -0.05) is 12.1 Å². The van der Waals surface area contributed by atoms with Crippen molar-refractivity contribution in [3.63, 3.8) is 0 Å². The van der Waals surface area contributed by atoms with Gasteiger partial charge in [0.2, 0.25) is 17.7 Å². The molecule has 1 aliphatic rings. The zero-order valence-corrected chi connectivity index (χ0v) is 21.9. The average molecular weight is 527 g/mol. The van der Waals surface area contributed by atoms with E-state index >= 15 is 0 Å². The van der Waals surface area contributed by atoms with Crippen LogP contribution in [-0.4, -0.2) is 93.0 Å². The second kappa shape index (κ2) is 13.9. The van der Waals surface area contributed by atoms with E-state index in [0.717, 1.165) is 0 Å². The van der Waals surface area contributed by atoms with Gasteiger partial charge < -0.3 is 34.6 Å². The minimum Gasteiger partial charge on any atom is -0.497 e. The van der Waals surface area contributed by atoms with E-state index in [2.05, 4.69) is 10.6 Å². The molecule has 1 aliphatic heterocycles. The first-order valence-corrected chi connectivity index (χ1v) is 12.4. The van der Waals surface area contributed by atoms with Crippen molar-refractivity contribution >= 4 is 23.6 Å². The largest absolute Gasteiger partial charge is 0.497 e. The average Bonchev–Trinajstić information content (AvgIpc) is 2.92. The third kappa shape index (κ3) is 7.86. The Morgan fingerprint density at radius 2 is 1.79 bits per heavy atom. The van der Waals surface area contributed by atoms with Crippen molar-refractivity contribution in [2.75, 3.05) is 53.6 Å². The molecule has 2 aromatic carbocycles. The molecule has 11 nitrogen and oxygen atoms in total. The number of carbonyl (C=O) groups is 4. The van der Waals surface area contributed by atoms with Crippen molar-refractivity contribution in [1.82, 2.24) is 20.4 Å². The number of methoxy groups -OCH3 is 1. The van der Waals surface area contributed by atoms with E-state index in [1.165, 1.54) is 11.9 Å². The lowest BCUT2D eigenvalue weighted by Crippen LogP contribution is -2.51. The van der Waals surface area contributed by atoms with Crippen molar-refractivity contribution in [3.8, 4) is 17.2 Å². The van der Waals surface area contributed by atoms with E-state index in [4.69, 9.17) is 14.2 Å². The molecule has 38 heavy (non-hydrogen) atoms. The van der Waals surface area contributed by atoms with Crippen LogP contribution in [0.3, 0.4) is 0 Å². The maximum Gasteiger partial charge on any atom is 0.255 e. The van der Waals surface area contributed by atoms with Crippen LogP contribution in [0.5, 0.6) is 17.2 Å². The number of fused-ring (bicyclic) bond motifs is 1. The maximum absolute atomic E-state index is 13.1. The van der Waals surface area contributed by atoms with Crippen LogP contribution in [0.2, 0.25) is 0 Å². The minimum absolute atomic E-state index is 0.144. The predicted octanol–water partition coefficient (Wildman–Crippen LogP) is 1.08. The Hall–Kier alpha value is -4.28. The number of benzene rings is 2. The lowest BCUT2D eigenvalue weighted by Gasteiger charge is -2.27. The van der Waals surface area contributed by atoms with Crippen molar-refractivity contribution in [3.05, 3.63) is 54.1 Å². The number of likely N-dealkylation sites (N-methyl/N-ethyl adjacent to an activating group) is 2. The smallest absolute Gasteiger partial charge is 0.255 e. The maximum atomic E-state index is 13.1. The molecule has 0 saturated carbocycles. The molecule has 0 radical (unpaired) electrons. The summed E-state index contributed by atoms with van der Waals surface area (Å²) in [7, 11) is 3.06. The number of para-hydroxylation sites is 1. The summed E-state index contributed by atoms with van der Waals surface area (Å²) in [6.45, 7) is 2.91. The third-order valence-corrected chi connectivity index (χ3v) is 6.01. The van der Waals surface area contributed by atoms with Gasteiger partial charge in [0.25, 0.3) is 5.91 Å². The van der Waals surface area contributed by atoms with E-state index in [0.29, 0.717) is 30.3 Å².